The lowest BCUT2D eigenvalue weighted by Gasteiger charge is -2.07. The highest BCUT2D eigenvalue weighted by atomic mass is 79.9. The van der Waals surface area contributed by atoms with E-state index in [1.807, 2.05) is 18.3 Å². The van der Waals surface area contributed by atoms with Crippen molar-refractivity contribution < 1.29 is 4.74 Å². The number of nitrogens with zero attached hydrogens (tertiary/aromatic N) is 1. The van der Waals surface area contributed by atoms with Crippen LogP contribution in [-0.2, 0) is 13.1 Å². The van der Waals surface area contributed by atoms with Crippen LogP contribution in [0.3, 0.4) is 0 Å². The van der Waals surface area contributed by atoms with Gasteiger partial charge in [-0.25, -0.2) is 4.98 Å². The van der Waals surface area contributed by atoms with Gasteiger partial charge in [0.1, 0.15) is 0 Å². The number of benzene rings is 1. The smallest absolute Gasteiger partial charge is 0.212 e. The van der Waals surface area contributed by atoms with Gasteiger partial charge in [-0.15, -0.1) is 0 Å². The average Bonchev–Trinajstić information content (AvgIpc) is 2.43. The summed E-state index contributed by atoms with van der Waals surface area (Å²) < 4.78 is 6.18. The zero-order valence-corrected chi connectivity index (χ0v) is 12.7. The molecule has 1 aromatic heterocycles. The van der Waals surface area contributed by atoms with Gasteiger partial charge in [-0.1, -0.05) is 34.1 Å². The van der Waals surface area contributed by atoms with Crippen molar-refractivity contribution >= 4 is 15.9 Å². The fourth-order valence-corrected chi connectivity index (χ4v) is 2.16. The van der Waals surface area contributed by atoms with Gasteiger partial charge in [0.15, 0.2) is 0 Å². The van der Waals surface area contributed by atoms with Gasteiger partial charge in [0.2, 0.25) is 5.88 Å². The van der Waals surface area contributed by atoms with Crippen molar-refractivity contribution in [3.63, 3.8) is 0 Å². The Morgan fingerprint density at radius 2 is 1.89 bits per heavy atom. The first-order valence-electron chi connectivity index (χ1n) is 6.13. The Balaban J connectivity index is 1.86. The molecule has 1 aromatic carbocycles. The quantitative estimate of drug-likeness (QED) is 0.916. The minimum absolute atomic E-state index is 0.645. The fraction of sp³-hybridized carbons (Fsp3) is 0.267. The van der Waals surface area contributed by atoms with Gasteiger partial charge in [0.05, 0.1) is 7.11 Å². The predicted octanol–water partition coefficient (Wildman–Crippen LogP) is 3.45. The summed E-state index contributed by atoms with van der Waals surface area (Å²) >= 11 is 3.55. The van der Waals surface area contributed by atoms with Crippen LogP contribution in [0, 0.1) is 6.92 Å². The SMILES string of the molecule is COc1ccc(CNCc2ccc(C)c(Br)c2)cn1. The zero-order valence-electron chi connectivity index (χ0n) is 11.1. The van der Waals surface area contributed by atoms with Crippen LogP contribution < -0.4 is 10.1 Å². The summed E-state index contributed by atoms with van der Waals surface area (Å²) in [6.07, 6.45) is 1.83. The monoisotopic (exact) mass is 320 g/mol. The molecule has 0 spiro atoms. The molecule has 19 heavy (non-hydrogen) atoms. The van der Waals surface area contributed by atoms with Gasteiger partial charge in [-0.05, 0) is 29.7 Å². The minimum Gasteiger partial charge on any atom is -0.481 e. The zero-order chi connectivity index (χ0) is 13.7. The summed E-state index contributed by atoms with van der Waals surface area (Å²) in [5.41, 5.74) is 3.66. The average molecular weight is 321 g/mol. The van der Waals surface area contributed by atoms with E-state index < -0.39 is 0 Å². The maximum Gasteiger partial charge on any atom is 0.212 e. The largest absolute Gasteiger partial charge is 0.481 e. The second-order valence-electron chi connectivity index (χ2n) is 4.40. The first-order chi connectivity index (χ1) is 9.19. The van der Waals surface area contributed by atoms with Crippen LogP contribution in [0.2, 0.25) is 0 Å². The number of nitrogens with one attached hydrogen (secondary N) is 1. The van der Waals surface area contributed by atoms with Gasteiger partial charge >= 0.3 is 0 Å². The van der Waals surface area contributed by atoms with Crippen molar-refractivity contribution in [2.75, 3.05) is 7.11 Å². The standard InChI is InChI=1S/C15H17BrN2O/c1-11-3-4-12(7-14(11)16)8-17-9-13-5-6-15(19-2)18-10-13/h3-7,10,17H,8-9H2,1-2H3. The van der Waals surface area contributed by atoms with Crippen LogP contribution in [0.4, 0.5) is 0 Å². The highest BCUT2D eigenvalue weighted by molar-refractivity contribution is 9.10. The molecular weight excluding hydrogens is 304 g/mol. The van der Waals surface area contributed by atoms with Gasteiger partial charge in [-0.2, -0.15) is 0 Å². The number of methoxy groups -OCH3 is 1. The predicted molar refractivity (Wildman–Crippen MR) is 80.2 cm³/mol. The summed E-state index contributed by atoms with van der Waals surface area (Å²) in [5.74, 6) is 0.645. The van der Waals surface area contributed by atoms with Crippen LogP contribution in [0.25, 0.3) is 0 Å². The highest BCUT2D eigenvalue weighted by Crippen LogP contribution is 2.17. The fourth-order valence-electron chi connectivity index (χ4n) is 1.73. The lowest BCUT2D eigenvalue weighted by atomic mass is 10.1. The van der Waals surface area contributed by atoms with Crippen LogP contribution in [0.1, 0.15) is 16.7 Å². The molecule has 0 bridgehead atoms. The van der Waals surface area contributed by atoms with E-state index in [9.17, 15) is 0 Å². The molecule has 100 valence electrons. The number of hydrogen-bond acceptors (Lipinski definition) is 3. The summed E-state index contributed by atoms with van der Waals surface area (Å²) in [6, 6.07) is 10.3. The van der Waals surface area contributed by atoms with Crippen molar-refractivity contribution in [2.45, 2.75) is 20.0 Å². The molecule has 1 N–H and O–H groups in total. The van der Waals surface area contributed by atoms with E-state index in [4.69, 9.17) is 4.74 Å². The van der Waals surface area contributed by atoms with Crippen molar-refractivity contribution in [3.8, 4) is 5.88 Å². The maximum atomic E-state index is 5.03. The molecule has 0 unspecified atom stereocenters. The van der Waals surface area contributed by atoms with E-state index in [0.29, 0.717) is 5.88 Å². The molecule has 0 amide bonds. The van der Waals surface area contributed by atoms with Crippen molar-refractivity contribution in [2.24, 2.45) is 0 Å². The Hall–Kier alpha value is -1.39. The normalized spacial score (nSPS) is 10.5. The molecule has 0 saturated carbocycles. The van der Waals surface area contributed by atoms with Gasteiger partial charge < -0.3 is 10.1 Å². The van der Waals surface area contributed by atoms with E-state index in [1.165, 1.54) is 11.1 Å². The molecule has 0 aliphatic carbocycles. The molecule has 0 aliphatic heterocycles. The summed E-state index contributed by atoms with van der Waals surface area (Å²) in [6.45, 7) is 3.72. The molecule has 1 heterocycles. The molecule has 0 radical (unpaired) electrons. The molecular formula is C15H17BrN2O. The molecule has 2 rings (SSSR count). The first-order valence-corrected chi connectivity index (χ1v) is 6.93. The van der Waals surface area contributed by atoms with Crippen LogP contribution in [0.5, 0.6) is 5.88 Å². The van der Waals surface area contributed by atoms with Gasteiger partial charge in [0, 0.05) is 29.8 Å². The number of ether oxygens (including phenoxy) is 1. The van der Waals surface area contributed by atoms with Crippen molar-refractivity contribution in [1.29, 1.82) is 0 Å². The van der Waals surface area contributed by atoms with E-state index in [2.05, 4.69) is 51.4 Å². The van der Waals surface area contributed by atoms with E-state index in [1.54, 1.807) is 7.11 Å². The Bertz CT molecular complexity index is 540. The topological polar surface area (TPSA) is 34.1 Å². The van der Waals surface area contributed by atoms with Crippen molar-refractivity contribution in [3.05, 3.63) is 57.7 Å². The third-order valence-electron chi connectivity index (χ3n) is 2.90. The van der Waals surface area contributed by atoms with Crippen molar-refractivity contribution in [1.82, 2.24) is 10.3 Å². The second kappa shape index (κ2) is 6.68. The minimum atomic E-state index is 0.645. The molecule has 0 saturated heterocycles. The molecule has 4 heteroatoms. The van der Waals surface area contributed by atoms with Crippen LogP contribution in [0.15, 0.2) is 41.0 Å². The molecule has 2 aromatic rings. The molecule has 3 nitrogen and oxygen atoms in total. The first kappa shape index (κ1) is 14.0. The van der Waals surface area contributed by atoms with Gasteiger partial charge in [-0.3, -0.25) is 0 Å². The molecule has 0 atom stereocenters. The second-order valence-corrected chi connectivity index (χ2v) is 5.25. The number of halogens is 1. The Labute approximate surface area is 122 Å². The molecule has 0 aliphatic rings. The van der Waals surface area contributed by atoms with E-state index in [0.717, 1.165) is 23.1 Å². The third-order valence-corrected chi connectivity index (χ3v) is 3.76. The highest BCUT2D eigenvalue weighted by Gasteiger charge is 1.99. The molecule has 0 fully saturated rings. The van der Waals surface area contributed by atoms with Crippen LogP contribution >= 0.6 is 15.9 Å². The van der Waals surface area contributed by atoms with Gasteiger partial charge in [0.25, 0.3) is 0 Å². The van der Waals surface area contributed by atoms with Crippen LogP contribution in [-0.4, -0.2) is 12.1 Å². The Morgan fingerprint density at radius 1 is 1.16 bits per heavy atom. The lowest BCUT2D eigenvalue weighted by Crippen LogP contribution is -2.12. The number of pyridine rings is 1. The number of rotatable bonds is 5. The van der Waals surface area contributed by atoms with E-state index in [-0.39, 0.29) is 0 Å². The number of hydrogen-bond donors (Lipinski definition) is 1. The maximum absolute atomic E-state index is 5.03. The third kappa shape index (κ3) is 4.04. The summed E-state index contributed by atoms with van der Waals surface area (Å²) in [7, 11) is 1.62. The Morgan fingerprint density at radius 3 is 2.53 bits per heavy atom. The Kier molecular flexibility index (Phi) is 4.93. The number of aromatic nitrogens is 1. The summed E-state index contributed by atoms with van der Waals surface area (Å²) in [4.78, 5) is 4.18. The number of aryl methyl sites for hydroxylation is 1. The summed E-state index contributed by atoms with van der Waals surface area (Å²) in [5, 5.41) is 3.40. The van der Waals surface area contributed by atoms with E-state index >= 15 is 0 Å². The lowest BCUT2D eigenvalue weighted by molar-refractivity contribution is 0.397.